The Morgan fingerprint density at radius 3 is 2.32 bits per heavy atom. The summed E-state index contributed by atoms with van der Waals surface area (Å²) in [6.45, 7) is 8.04. The maximum Gasteiger partial charge on any atom is 0.234 e. The van der Waals surface area contributed by atoms with E-state index in [1.807, 2.05) is 44.7 Å². The molecule has 1 aromatic carbocycles. The number of nitrogens with zero attached hydrogens (tertiary/aromatic N) is 1. The SMILES string of the molecule is CC(c1ccc(Cl)c(Cl)c1)N(C(=O)CBr)C(C)(C)C. The first-order chi connectivity index (χ1) is 8.68. The summed E-state index contributed by atoms with van der Waals surface area (Å²) in [6.07, 6.45) is 0. The molecule has 0 aliphatic carbocycles. The number of amides is 1. The average Bonchev–Trinajstić information content (AvgIpc) is 2.30. The van der Waals surface area contributed by atoms with Crippen molar-refractivity contribution in [1.29, 1.82) is 0 Å². The van der Waals surface area contributed by atoms with Crippen LogP contribution in [0.1, 0.15) is 39.3 Å². The van der Waals surface area contributed by atoms with Crippen molar-refractivity contribution in [2.75, 3.05) is 5.33 Å². The van der Waals surface area contributed by atoms with Crippen molar-refractivity contribution in [3.63, 3.8) is 0 Å². The van der Waals surface area contributed by atoms with Crippen molar-refractivity contribution in [2.24, 2.45) is 0 Å². The summed E-state index contributed by atoms with van der Waals surface area (Å²) in [7, 11) is 0. The molecule has 0 N–H and O–H groups in total. The number of alkyl halides is 1. The zero-order valence-corrected chi connectivity index (χ0v) is 14.6. The molecule has 0 saturated heterocycles. The molecule has 0 aromatic heterocycles. The molecule has 1 unspecified atom stereocenters. The van der Waals surface area contributed by atoms with E-state index in [9.17, 15) is 4.79 Å². The van der Waals surface area contributed by atoms with Gasteiger partial charge in [0.1, 0.15) is 0 Å². The predicted molar refractivity (Wildman–Crippen MR) is 85.3 cm³/mol. The molecule has 1 rings (SSSR count). The number of halogens is 3. The lowest BCUT2D eigenvalue weighted by molar-refractivity contribution is -0.135. The van der Waals surface area contributed by atoms with Crippen LogP contribution >= 0.6 is 39.1 Å². The van der Waals surface area contributed by atoms with Crippen LogP contribution in [0.3, 0.4) is 0 Å². The zero-order chi connectivity index (χ0) is 14.8. The molecule has 2 nitrogen and oxygen atoms in total. The molecular formula is C14H18BrCl2NO. The molecule has 0 fully saturated rings. The summed E-state index contributed by atoms with van der Waals surface area (Å²) >= 11 is 15.2. The van der Waals surface area contributed by atoms with Crippen LogP contribution in [0.25, 0.3) is 0 Å². The second kappa shape index (κ2) is 6.47. The van der Waals surface area contributed by atoms with Gasteiger partial charge >= 0.3 is 0 Å². The molecule has 0 bridgehead atoms. The van der Waals surface area contributed by atoms with Crippen molar-refractivity contribution in [2.45, 2.75) is 39.3 Å². The third kappa shape index (κ3) is 4.11. The minimum absolute atomic E-state index is 0.0473. The Hall–Kier alpha value is -0.250. The molecule has 5 heteroatoms. The molecule has 0 saturated carbocycles. The Bertz CT molecular complexity index is 471. The van der Waals surface area contributed by atoms with Gasteiger partial charge in [-0.25, -0.2) is 0 Å². The Morgan fingerprint density at radius 1 is 1.32 bits per heavy atom. The topological polar surface area (TPSA) is 20.3 Å². The lowest BCUT2D eigenvalue weighted by Gasteiger charge is -2.40. The smallest absolute Gasteiger partial charge is 0.234 e. The van der Waals surface area contributed by atoms with Crippen molar-refractivity contribution in [3.8, 4) is 0 Å². The predicted octanol–water partition coefficient (Wildman–Crippen LogP) is 5.08. The normalized spacial score (nSPS) is 13.2. The van der Waals surface area contributed by atoms with Gasteiger partial charge in [-0.3, -0.25) is 4.79 Å². The van der Waals surface area contributed by atoms with Gasteiger partial charge in [-0.1, -0.05) is 45.2 Å². The molecule has 0 heterocycles. The maximum absolute atomic E-state index is 12.1. The van der Waals surface area contributed by atoms with E-state index >= 15 is 0 Å². The summed E-state index contributed by atoms with van der Waals surface area (Å²) in [5.74, 6) is 0.0473. The van der Waals surface area contributed by atoms with Gasteiger partial charge in [-0.15, -0.1) is 0 Å². The van der Waals surface area contributed by atoms with Gasteiger partial charge in [0.25, 0.3) is 0 Å². The molecule has 0 spiro atoms. The molecule has 19 heavy (non-hydrogen) atoms. The van der Waals surface area contributed by atoms with Crippen LogP contribution in [0.15, 0.2) is 18.2 Å². The van der Waals surface area contributed by atoms with Gasteiger partial charge < -0.3 is 4.90 Å². The van der Waals surface area contributed by atoms with Crippen LogP contribution in [-0.2, 0) is 4.79 Å². The van der Waals surface area contributed by atoms with Gasteiger partial charge in [0.2, 0.25) is 5.91 Å². The van der Waals surface area contributed by atoms with Crippen LogP contribution in [0, 0.1) is 0 Å². The van der Waals surface area contributed by atoms with E-state index in [2.05, 4.69) is 15.9 Å². The molecule has 106 valence electrons. The lowest BCUT2D eigenvalue weighted by Crippen LogP contribution is -2.47. The van der Waals surface area contributed by atoms with E-state index in [0.717, 1.165) is 5.56 Å². The fourth-order valence-corrected chi connectivity index (χ4v) is 2.73. The van der Waals surface area contributed by atoms with Crippen LogP contribution in [-0.4, -0.2) is 21.7 Å². The number of hydrogen-bond acceptors (Lipinski definition) is 1. The van der Waals surface area contributed by atoms with Crippen molar-refractivity contribution in [1.82, 2.24) is 4.90 Å². The highest BCUT2D eigenvalue weighted by Crippen LogP contribution is 2.32. The first-order valence-electron chi connectivity index (χ1n) is 6.01. The van der Waals surface area contributed by atoms with E-state index in [0.29, 0.717) is 15.4 Å². The molecule has 0 aliphatic rings. The summed E-state index contributed by atoms with van der Waals surface area (Å²) in [6, 6.07) is 5.41. The largest absolute Gasteiger partial charge is 0.330 e. The van der Waals surface area contributed by atoms with Crippen molar-refractivity contribution in [3.05, 3.63) is 33.8 Å². The minimum Gasteiger partial charge on any atom is -0.330 e. The van der Waals surface area contributed by atoms with Gasteiger partial charge in [-0.2, -0.15) is 0 Å². The Labute approximate surface area is 133 Å². The van der Waals surface area contributed by atoms with E-state index in [1.54, 1.807) is 6.07 Å². The third-order valence-corrected chi connectivity index (χ3v) is 4.14. The number of carbonyl (C=O) groups is 1. The van der Waals surface area contributed by atoms with Crippen LogP contribution in [0.2, 0.25) is 10.0 Å². The fraction of sp³-hybridized carbons (Fsp3) is 0.500. The Morgan fingerprint density at radius 2 is 1.89 bits per heavy atom. The highest BCUT2D eigenvalue weighted by Gasteiger charge is 2.31. The number of hydrogen-bond donors (Lipinski definition) is 0. The van der Waals surface area contributed by atoms with Crippen molar-refractivity contribution < 1.29 is 4.79 Å². The molecule has 0 aliphatic heterocycles. The van der Waals surface area contributed by atoms with E-state index in [-0.39, 0.29) is 17.5 Å². The highest BCUT2D eigenvalue weighted by atomic mass is 79.9. The number of benzene rings is 1. The first-order valence-corrected chi connectivity index (χ1v) is 7.89. The minimum atomic E-state index is -0.267. The number of rotatable bonds is 3. The van der Waals surface area contributed by atoms with Crippen molar-refractivity contribution >= 4 is 45.0 Å². The van der Waals surface area contributed by atoms with Crippen LogP contribution < -0.4 is 0 Å². The summed E-state index contributed by atoms with van der Waals surface area (Å²) in [5, 5.41) is 1.33. The van der Waals surface area contributed by atoms with Gasteiger partial charge in [-0.05, 0) is 45.4 Å². The lowest BCUT2D eigenvalue weighted by atomic mass is 9.99. The Kier molecular flexibility index (Phi) is 5.72. The molecular weight excluding hydrogens is 349 g/mol. The quantitative estimate of drug-likeness (QED) is 0.683. The molecule has 1 aromatic rings. The fourth-order valence-electron chi connectivity index (χ4n) is 2.16. The second-order valence-corrected chi connectivity index (χ2v) is 6.79. The molecule has 1 amide bonds. The van der Waals surface area contributed by atoms with Gasteiger partial charge in [0, 0.05) is 5.54 Å². The van der Waals surface area contributed by atoms with E-state index in [4.69, 9.17) is 23.2 Å². The van der Waals surface area contributed by atoms with E-state index in [1.165, 1.54) is 0 Å². The average molecular weight is 367 g/mol. The van der Waals surface area contributed by atoms with Gasteiger partial charge in [0.05, 0.1) is 21.4 Å². The summed E-state index contributed by atoms with van der Waals surface area (Å²) in [5.41, 5.74) is 0.703. The highest BCUT2D eigenvalue weighted by molar-refractivity contribution is 9.09. The zero-order valence-electron chi connectivity index (χ0n) is 11.5. The maximum atomic E-state index is 12.1. The number of carbonyl (C=O) groups excluding carboxylic acids is 1. The molecule has 1 atom stereocenters. The standard InChI is InChI=1S/C14H18BrCl2NO/c1-9(10-5-6-11(16)12(17)7-10)18(13(19)8-15)14(2,3)4/h5-7,9H,8H2,1-4H3. The Balaban J connectivity index is 3.15. The summed E-state index contributed by atoms with van der Waals surface area (Å²) in [4.78, 5) is 14.0. The summed E-state index contributed by atoms with van der Waals surface area (Å²) < 4.78 is 0. The first kappa shape index (κ1) is 16.8. The van der Waals surface area contributed by atoms with Crippen LogP contribution in [0.4, 0.5) is 0 Å². The van der Waals surface area contributed by atoms with Crippen LogP contribution in [0.5, 0.6) is 0 Å². The monoisotopic (exact) mass is 365 g/mol. The second-order valence-electron chi connectivity index (χ2n) is 5.42. The van der Waals surface area contributed by atoms with E-state index < -0.39 is 0 Å². The van der Waals surface area contributed by atoms with Gasteiger partial charge in [0.15, 0.2) is 0 Å². The molecule has 0 radical (unpaired) electrons. The third-order valence-electron chi connectivity index (χ3n) is 2.92.